The Hall–Kier alpha value is -1.10. The highest BCUT2D eigenvalue weighted by Crippen LogP contribution is 2.34. The number of halogens is 4. The first-order valence-corrected chi connectivity index (χ1v) is 7.43. The van der Waals surface area contributed by atoms with Gasteiger partial charge >= 0.3 is 6.18 Å². The van der Waals surface area contributed by atoms with Gasteiger partial charge in [-0.3, -0.25) is 0 Å². The third-order valence-corrected chi connectivity index (χ3v) is 3.87. The first-order valence-electron chi connectivity index (χ1n) is 7.43. The van der Waals surface area contributed by atoms with Gasteiger partial charge in [-0.25, -0.2) is 4.39 Å². The fourth-order valence-corrected chi connectivity index (χ4v) is 2.51. The van der Waals surface area contributed by atoms with Gasteiger partial charge in [-0.05, 0) is 37.1 Å². The quantitative estimate of drug-likeness (QED) is 0.672. The van der Waals surface area contributed by atoms with Crippen molar-refractivity contribution in [1.29, 1.82) is 0 Å². The van der Waals surface area contributed by atoms with Gasteiger partial charge in [0.05, 0.1) is 5.56 Å². The molecule has 120 valence electrons. The summed E-state index contributed by atoms with van der Waals surface area (Å²) in [6.45, 7) is 6.53. The molecule has 1 aromatic carbocycles. The second-order valence-electron chi connectivity index (χ2n) is 5.26. The molecular weight excluding hydrogens is 282 g/mol. The van der Waals surface area contributed by atoms with E-state index in [2.05, 4.69) is 5.32 Å². The second kappa shape index (κ2) is 7.78. The van der Waals surface area contributed by atoms with Gasteiger partial charge in [0.1, 0.15) is 5.82 Å². The topological polar surface area (TPSA) is 12.0 Å². The van der Waals surface area contributed by atoms with Crippen molar-refractivity contribution >= 4 is 0 Å². The van der Waals surface area contributed by atoms with Crippen molar-refractivity contribution in [2.24, 2.45) is 5.92 Å². The molecule has 0 radical (unpaired) electrons. The van der Waals surface area contributed by atoms with Crippen molar-refractivity contribution in [2.75, 3.05) is 6.54 Å². The fourth-order valence-electron chi connectivity index (χ4n) is 2.51. The average Bonchev–Trinajstić information content (AvgIpc) is 2.43. The summed E-state index contributed by atoms with van der Waals surface area (Å²) in [6, 6.07) is 2.25. The minimum absolute atomic E-state index is 0.110. The normalized spacial score (nSPS) is 13.7. The lowest BCUT2D eigenvalue weighted by atomic mass is 9.90. The van der Waals surface area contributed by atoms with Crippen molar-refractivity contribution in [2.45, 2.75) is 52.3 Å². The Morgan fingerprint density at radius 1 is 1.10 bits per heavy atom. The Bertz CT molecular complexity index is 438. The Morgan fingerprint density at radius 2 is 1.71 bits per heavy atom. The molecule has 0 saturated heterocycles. The van der Waals surface area contributed by atoms with Crippen molar-refractivity contribution in [1.82, 2.24) is 5.32 Å². The van der Waals surface area contributed by atoms with Crippen LogP contribution in [0.1, 0.15) is 57.2 Å². The number of alkyl halides is 3. The molecule has 5 heteroatoms. The van der Waals surface area contributed by atoms with Crippen LogP contribution < -0.4 is 5.32 Å². The minimum Gasteiger partial charge on any atom is -0.310 e. The van der Waals surface area contributed by atoms with E-state index in [0.29, 0.717) is 18.9 Å². The van der Waals surface area contributed by atoms with Gasteiger partial charge in [0, 0.05) is 11.6 Å². The maximum Gasteiger partial charge on any atom is 0.416 e. The van der Waals surface area contributed by atoms with E-state index in [1.54, 1.807) is 0 Å². The Balaban J connectivity index is 3.11. The summed E-state index contributed by atoms with van der Waals surface area (Å²) in [4.78, 5) is 0. The highest BCUT2D eigenvalue weighted by molar-refractivity contribution is 5.29. The first kappa shape index (κ1) is 18.0. The van der Waals surface area contributed by atoms with Crippen molar-refractivity contribution in [3.8, 4) is 0 Å². The zero-order valence-electron chi connectivity index (χ0n) is 12.7. The van der Waals surface area contributed by atoms with Gasteiger partial charge < -0.3 is 5.32 Å². The van der Waals surface area contributed by atoms with Crippen LogP contribution >= 0.6 is 0 Å². The van der Waals surface area contributed by atoms with Gasteiger partial charge in [0.2, 0.25) is 0 Å². The van der Waals surface area contributed by atoms with E-state index in [1.807, 2.05) is 20.8 Å². The van der Waals surface area contributed by atoms with E-state index in [1.165, 1.54) is 0 Å². The van der Waals surface area contributed by atoms with E-state index in [-0.39, 0.29) is 11.6 Å². The van der Waals surface area contributed by atoms with Crippen LogP contribution in [0.25, 0.3) is 0 Å². The summed E-state index contributed by atoms with van der Waals surface area (Å²) >= 11 is 0. The molecule has 1 rings (SSSR count). The fraction of sp³-hybridized carbons (Fsp3) is 0.625. The number of hydrogen-bond acceptors (Lipinski definition) is 1. The predicted octanol–water partition coefficient (Wildman–Crippen LogP) is 5.32. The molecule has 0 heterocycles. The molecule has 21 heavy (non-hydrogen) atoms. The summed E-state index contributed by atoms with van der Waals surface area (Å²) in [6.07, 6.45) is -1.95. The van der Waals surface area contributed by atoms with Crippen LogP contribution in [-0.2, 0) is 6.18 Å². The van der Waals surface area contributed by atoms with E-state index >= 15 is 0 Å². The lowest BCUT2D eigenvalue weighted by Gasteiger charge is -2.24. The highest BCUT2D eigenvalue weighted by Gasteiger charge is 2.32. The van der Waals surface area contributed by atoms with Crippen molar-refractivity contribution < 1.29 is 17.6 Å². The average molecular weight is 305 g/mol. The summed E-state index contributed by atoms with van der Waals surface area (Å²) in [5.41, 5.74) is -0.690. The third-order valence-electron chi connectivity index (χ3n) is 3.87. The lowest BCUT2D eigenvalue weighted by molar-refractivity contribution is -0.137. The van der Waals surface area contributed by atoms with E-state index in [0.717, 1.165) is 31.0 Å². The number of benzene rings is 1. The number of rotatable bonds is 7. The molecule has 1 nitrogen and oxygen atoms in total. The van der Waals surface area contributed by atoms with Gasteiger partial charge in [0.25, 0.3) is 0 Å². The van der Waals surface area contributed by atoms with Crippen LogP contribution in [0, 0.1) is 11.7 Å². The molecule has 0 aliphatic carbocycles. The number of hydrogen-bond donors (Lipinski definition) is 1. The van der Waals surface area contributed by atoms with Gasteiger partial charge in [0.15, 0.2) is 0 Å². The molecule has 1 N–H and O–H groups in total. The Kier molecular flexibility index (Phi) is 6.65. The minimum atomic E-state index is -4.45. The van der Waals surface area contributed by atoms with Crippen LogP contribution in [0.2, 0.25) is 0 Å². The highest BCUT2D eigenvalue weighted by atomic mass is 19.4. The van der Waals surface area contributed by atoms with E-state index in [9.17, 15) is 17.6 Å². The number of nitrogens with one attached hydrogen (secondary N) is 1. The largest absolute Gasteiger partial charge is 0.416 e. The first-order chi connectivity index (χ1) is 9.83. The molecular formula is C16H23F4N. The smallest absolute Gasteiger partial charge is 0.310 e. The molecule has 0 spiro atoms. The maximum atomic E-state index is 14.0. The Labute approximate surface area is 123 Å². The van der Waals surface area contributed by atoms with Crippen LogP contribution in [0.5, 0.6) is 0 Å². The lowest BCUT2D eigenvalue weighted by Crippen LogP contribution is -2.25. The summed E-state index contributed by atoms with van der Waals surface area (Å²) in [5, 5.41) is 3.11. The van der Waals surface area contributed by atoms with Gasteiger partial charge in [-0.2, -0.15) is 13.2 Å². The molecule has 0 saturated carbocycles. The van der Waals surface area contributed by atoms with Crippen molar-refractivity contribution in [3.63, 3.8) is 0 Å². The van der Waals surface area contributed by atoms with Crippen LogP contribution in [0.4, 0.5) is 17.6 Å². The molecule has 0 amide bonds. The standard InChI is InChI=1S/C16H23F4N/c1-4-11(5-2)9-15(21-6-3)13-10-12(16(18,19)20)7-8-14(13)17/h7-8,10-11,15,21H,4-6,9H2,1-3H3. The SMILES string of the molecule is CCNC(CC(CC)CC)c1cc(C(F)(F)F)ccc1F. The van der Waals surface area contributed by atoms with Crippen LogP contribution in [0.3, 0.4) is 0 Å². The van der Waals surface area contributed by atoms with Crippen LogP contribution in [-0.4, -0.2) is 6.54 Å². The molecule has 0 aromatic heterocycles. The van der Waals surface area contributed by atoms with Crippen molar-refractivity contribution in [3.05, 3.63) is 35.1 Å². The summed E-state index contributed by atoms with van der Waals surface area (Å²) in [5.74, 6) is -0.220. The van der Waals surface area contributed by atoms with Gasteiger partial charge in [-0.1, -0.05) is 33.6 Å². The van der Waals surface area contributed by atoms with E-state index in [4.69, 9.17) is 0 Å². The zero-order valence-corrected chi connectivity index (χ0v) is 12.7. The summed E-state index contributed by atoms with van der Waals surface area (Å²) < 4.78 is 52.4. The molecule has 0 aliphatic rings. The summed E-state index contributed by atoms with van der Waals surface area (Å²) in [7, 11) is 0. The molecule has 0 fully saturated rings. The molecule has 0 bridgehead atoms. The molecule has 1 unspecified atom stereocenters. The molecule has 1 atom stereocenters. The van der Waals surface area contributed by atoms with Gasteiger partial charge in [-0.15, -0.1) is 0 Å². The monoisotopic (exact) mass is 305 g/mol. The maximum absolute atomic E-state index is 14.0. The predicted molar refractivity (Wildman–Crippen MR) is 76.5 cm³/mol. The zero-order chi connectivity index (χ0) is 16.0. The molecule has 1 aromatic rings. The molecule has 0 aliphatic heterocycles. The third kappa shape index (κ3) is 4.99. The second-order valence-corrected chi connectivity index (χ2v) is 5.26. The van der Waals surface area contributed by atoms with Crippen LogP contribution in [0.15, 0.2) is 18.2 Å². The Morgan fingerprint density at radius 3 is 2.19 bits per heavy atom. The van der Waals surface area contributed by atoms with E-state index < -0.39 is 17.6 Å².